The number of hydrogen-bond donors (Lipinski definition) is 1. The van der Waals surface area contributed by atoms with E-state index in [2.05, 4.69) is 10.4 Å². The van der Waals surface area contributed by atoms with E-state index in [0.717, 1.165) is 5.56 Å². The highest BCUT2D eigenvalue weighted by atomic mass is 19.1. The van der Waals surface area contributed by atoms with Crippen LogP contribution in [0.4, 0.5) is 10.1 Å². The van der Waals surface area contributed by atoms with Crippen LogP contribution in [-0.4, -0.2) is 22.1 Å². The van der Waals surface area contributed by atoms with Crippen LogP contribution in [0.15, 0.2) is 30.6 Å². The molecule has 0 spiro atoms. The lowest BCUT2D eigenvalue weighted by molar-refractivity contribution is 0.101. The fraction of sp³-hybridized carbons (Fsp3) is 0.286. The summed E-state index contributed by atoms with van der Waals surface area (Å²) in [6.45, 7) is 4.56. The summed E-state index contributed by atoms with van der Waals surface area (Å²) in [5.41, 5.74) is 1.73. The summed E-state index contributed by atoms with van der Waals surface area (Å²) in [7, 11) is 0. The number of rotatable bonds is 5. The van der Waals surface area contributed by atoms with Gasteiger partial charge in [-0.2, -0.15) is 5.10 Å². The Bertz CT molecular complexity index is 592. The lowest BCUT2D eigenvalue weighted by Crippen LogP contribution is -2.13. The van der Waals surface area contributed by atoms with Crippen LogP contribution in [0, 0.1) is 12.7 Å². The average Bonchev–Trinajstić information content (AvgIpc) is 2.74. The third-order valence-electron chi connectivity index (χ3n) is 2.78. The van der Waals surface area contributed by atoms with Crippen molar-refractivity contribution in [1.82, 2.24) is 9.78 Å². The molecule has 1 aromatic heterocycles. The van der Waals surface area contributed by atoms with Gasteiger partial charge in [0.05, 0.1) is 18.3 Å². The Morgan fingerprint density at radius 2 is 2.26 bits per heavy atom. The van der Waals surface area contributed by atoms with Crippen LogP contribution < -0.4 is 5.32 Å². The van der Waals surface area contributed by atoms with E-state index in [1.807, 2.05) is 13.1 Å². The maximum Gasteiger partial charge on any atom is 0.164 e. The smallest absolute Gasteiger partial charge is 0.164 e. The molecule has 2 aromatic rings. The normalized spacial score (nSPS) is 10.5. The summed E-state index contributed by atoms with van der Waals surface area (Å²) >= 11 is 0. The molecular weight excluding hydrogens is 245 g/mol. The van der Waals surface area contributed by atoms with Crippen LogP contribution in [0.25, 0.3) is 0 Å². The summed E-state index contributed by atoms with van der Waals surface area (Å²) < 4.78 is 15.4. The Balaban J connectivity index is 2.03. The molecule has 0 saturated carbocycles. The van der Waals surface area contributed by atoms with E-state index in [4.69, 9.17) is 0 Å². The zero-order valence-electron chi connectivity index (χ0n) is 11.0. The molecule has 0 aliphatic carbocycles. The van der Waals surface area contributed by atoms with Gasteiger partial charge in [0.25, 0.3) is 0 Å². The quantitative estimate of drug-likeness (QED) is 0.842. The van der Waals surface area contributed by atoms with E-state index in [0.29, 0.717) is 18.8 Å². The van der Waals surface area contributed by atoms with Gasteiger partial charge in [-0.05, 0) is 31.5 Å². The summed E-state index contributed by atoms with van der Waals surface area (Å²) in [6, 6.07) is 4.58. The highest BCUT2D eigenvalue weighted by Crippen LogP contribution is 2.19. The molecule has 0 amide bonds. The summed E-state index contributed by atoms with van der Waals surface area (Å²) in [5, 5.41) is 7.23. The Hall–Kier alpha value is -2.17. The molecule has 100 valence electrons. The van der Waals surface area contributed by atoms with Crippen LogP contribution in [0.2, 0.25) is 0 Å². The van der Waals surface area contributed by atoms with Crippen molar-refractivity contribution in [3.63, 3.8) is 0 Å². The van der Waals surface area contributed by atoms with Gasteiger partial charge in [-0.15, -0.1) is 0 Å². The number of benzene rings is 1. The predicted molar refractivity (Wildman–Crippen MR) is 71.9 cm³/mol. The SMILES string of the molecule is CC(=O)c1c(F)cccc1NCCn1cc(C)cn1. The molecule has 0 atom stereocenters. The average molecular weight is 261 g/mol. The lowest BCUT2D eigenvalue weighted by Gasteiger charge is -2.10. The lowest BCUT2D eigenvalue weighted by atomic mass is 10.1. The number of aryl methyl sites for hydroxylation is 1. The summed E-state index contributed by atoms with van der Waals surface area (Å²) in [4.78, 5) is 11.4. The van der Waals surface area contributed by atoms with Crippen molar-refractivity contribution in [2.45, 2.75) is 20.4 Å². The molecule has 1 heterocycles. The molecule has 0 aliphatic heterocycles. The second-order valence-electron chi connectivity index (χ2n) is 4.43. The molecule has 5 heteroatoms. The van der Waals surface area contributed by atoms with E-state index in [9.17, 15) is 9.18 Å². The number of nitrogens with zero attached hydrogens (tertiary/aromatic N) is 2. The first kappa shape index (κ1) is 13.3. The fourth-order valence-electron chi connectivity index (χ4n) is 1.92. The molecule has 0 radical (unpaired) electrons. The second-order valence-corrected chi connectivity index (χ2v) is 4.43. The van der Waals surface area contributed by atoms with E-state index in [1.165, 1.54) is 13.0 Å². The molecule has 0 unspecified atom stereocenters. The number of nitrogens with one attached hydrogen (secondary N) is 1. The maximum atomic E-state index is 13.6. The number of aromatic nitrogens is 2. The highest BCUT2D eigenvalue weighted by Gasteiger charge is 2.12. The van der Waals surface area contributed by atoms with Crippen molar-refractivity contribution in [2.24, 2.45) is 0 Å². The van der Waals surface area contributed by atoms with E-state index in [-0.39, 0.29) is 11.3 Å². The Morgan fingerprint density at radius 1 is 1.47 bits per heavy atom. The molecule has 4 nitrogen and oxygen atoms in total. The molecule has 0 aliphatic rings. The van der Waals surface area contributed by atoms with Crippen LogP contribution in [0.5, 0.6) is 0 Å². The molecule has 0 saturated heterocycles. The number of hydrogen-bond acceptors (Lipinski definition) is 3. The van der Waals surface area contributed by atoms with Crippen molar-refractivity contribution in [3.8, 4) is 0 Å². The van der Waals surface area contributed by atoms with E-state index < -0.39 is 5.82 Å². The van der Waals surface area contributed by atoms with Crippen LogP contribution >= 0.6 is 0 Å². The van der Waals surface area contributed by atoms with Gasteiger partial charge in [-0.25, -0.2) is 4.39 Å². The maximum absolute atomic E-state index is 13.6. The minimum Gasteiger partial charge on any atom is -0.383 e. The van der Waals surface area contributed by atoms with Crippen molar-refractivity contribution in [1.29, 1.82) is 0 Å². The first-order valence-corrected chi connectivity index (χ1v) is 6.10. The van der Waals surface area contributed by atoms with E-state index >= 15 is 0 Å². The molecule has 2 rings (SSSR count). The van der Waals surface area contributed by atoms with E-state index in [1.54, 1.807) is 23.0 Å². The number of halogens is 1. The largest absolute Gasteiger partial charge is 0.383 e. The zero-order chi connectivity index (χ0) is 13.8. The molecule has 0 bridgehead atoms. The van der Waals surface area contributed by atoms with Crippen molar-refractivity contribution < 1.29 is 9.18 Å². The third kappa shape index (κ3) is 3.19. The number of Topliss-reactive ketones (excluding diaryl/α,β-unsaturated/α-hetero) is 1. The minimum absolute atomic E-state index is 0.110. The van der Waals surface area contributed by atoms with Gasteiger partial charge in [0, 0.05) is 18.4 Å². The Kier molecular flexibility index (Phi) is 3.94. The molecule has 1 aromatic carbocycles. The number of carbonyl (C=O) groups is 1. The minimum atomic E-state index is -0.493. The Labute approximate surface area is 111 Å². The first-order chi connectivity index (χ1) is 9.08. The Morgan fingerprint density at radius 3 is 2.89 bits per heavy atom. The topological polar surface area (TPSA) is 46.9 Å². The van der Waals surface area contributed by atoms with Crippen molar-refractivity contribution >= 4 is 11.5 Å². The number of carbonyl (C=O) groups excluding carboxylic acids is 1. The second kappa shape index (κ2) is 5.65. The zero-order valence-corrected chi connectivity index (χ0v) is 11.0. The van der Waals surface area contributed by atoms with Gasteiger partial charge in [-0.3, -0.25) is 9.48 Å². The standard InChI is InChI=1S/C14H16FN3O/c1-10-8-17-18(9-10)7-6-16-13-5-3-4-12(15)14(13)11(2)19/h3-5,8-9,16H,6-7H2,1-2H3. The van der Waals surface area contributed by atoms with Crippen LogP contribution in [-0.2, 0) is 6.54 Å². The fourth-order valence-corrected chi connectivity index (χ4v) is 1.92. The third-order valence-corrected chi connectivity index (χ3v) is 2.78. The molecule has 19 heavy (non-hydrogen) atoms. The van der Waals surface area contributed by atoms with Crippen LogP contribution in [0.1, 0.15) is 22.8 Å². The van der Waals surface area contributed by atoms with Gasteiger partial charge in [-0.1, -0.05) is 6.07 Å². The van der Waals surface area contributed by atoms with Gasteiger partial charge in [0.1, 0.15) is 5.82 Å². The number of ketones is 1. The number of anilines is 1. The van der Waals surface area contributed by atoms with Gasteiger partial charge in [0.2, 0.25) is 0 Å². The molecule has 1 N–H and O–H groups in total. The van der Waals surface area contributed by atoms with Crippen LogP contribution in [0.3, 0.4) is 0 Å². The monoisotopic (exact) mass is 261 g/mol. The summed E-state index contributed by atoms with van der Waals surface area (Å²) in [5.74, 6) is -0.775. The first-order valence-electron chi connectivity index (χ1n) is 6.10. The molecular formula is C14H16FN3O. The van der Waals surface area contributed by atoms with Gasteiger partial charge in [0.15, 0.2) is 5.78 Å². The van der Waals surface area contributed by atoms with Crippen molar-refractivity contribution in [3.05, 3.63) is 47.5 Å². The highest BCUT2D eigenvalue weighted by molar-refractivity contribution is 5.99. The molecule has 0 fully saturated rings. The van der Waals surface area contributed by atoms with Gasteiger partial charge < -0.3 is 5.32 Å². The summed E-state index contributed by atoms with van der Waals surface area (Å²) in [6.07, 6.45) is 3.71. The predicted octanol–water partition coefficient (Wildman–Crippen LogP) is 2.65. The van der Waals surface area contributed by atoms with Gasteiger partial charge >= 0.3 is 0 Å². The van der Waals surface area contributed by atoms with Crippen molar-refractivity contribution in [2.75, 3.05) is 11.9 Å².